The average Bonchev–Trinajstić information content (AvgIpc) is 3.19. The minimum Gasteiger partial charge on any atom is -0.368 e. The molecule has 0 saturated carbocycles. The lowest BCUT2D eigenvalue weighted by Crippen LogP contribution is -2.53. The third-order valence-electron chi connectivity index (χ3n) is 5.79. The van der Waals surface area contributed by atoms with Gasteiger partial charge in [0.15, 0.2) is 5.13 Å². The standard InChI is InChI=1S/C22H28N8O2S2/c1-14-13-29(10-11-30(14)34(5,31)32)17-8-9-24-20(12-17)27-22-26-19-7-6-18(25-21(19)33-22)15(2)16(3)28-23-4/h6-9,12,14,28H,4,10-11,13H2,1-3,5H3,(H,24,26,27)/b16-15+/t14-/m0/s1. The molecule has 1 aliphatic heterocycles. The van der Waals surface area contributed by atoms with Gasteiger partial charge in [-0.05, 0) is 44.5 Å². The summed E-state index contributed by atoms with van der Waals surface area (Å²) in [6.07, 6.45) is 3.00. The lowest BCUT2D eigenvalue weighted by atomic mass is 10.1. The van der Waals surface area contributed by atoms with Crippen molar-refractivity contribution in [2.75, 3.05) is 36.1 Å². The van der Waals surface area contributed by atoms with Crippen LogP contribution in [0.15, 0.2) is 41.3 Å². The first kappa shape index (κ1) is 24.0. The van der Waals surface area contributed by atoms with Crippen molar-refractivity contribution in [1.82, 2.24) is 24.7 Å². The van der Waals surface area contributed by atoms with Crippen LogP contribution in [-0.2, 0) is 10.0 Å². The van der Waals surface area contributed by atoms with E-state index in [2.05, 4.69) is 37.4 Å². The molecule has 0 aliphatic carbocycles. The van der Waals surface area contributed by atoms with Crippen LogP contribution >= 0.6 is 11.3 Å². The number of nitrogens with one attached hydrogen (secondary N) is 2. The van der Waals surface area contributed by atoms with E-state index in [1.54, 1.807) is 10.5 Å². The monoisotopic (exact) mass is 500 g/mol. The van der Waals surface area contributed by atoms with Crippen molar-refractivity contribution in [2.45, 2.75) is 26.8 Å². The fraction of sp³-hybridized carbons (Fsp3) is 0.364. The summed E-state index contributed by atoms with van der Waals surface area (Å²) in [5, 5.41) is 7.69. The van der Waals surface area contributed by atoms with Crippen LogP contribution in [0, 0.1) is 0 Å². The number of allylic oxidation sites excluding steroid dienone is 2. The maximum Gasteiger partial charge on any atom is 0.211 e. The third-order valence-corrected chi connectivity index (χ3v) is 8.06. The zero-order valence-electron chi connectivity index (χ0n) is 19.6. The molecule has 34 heavy (non-hydrogen) atoms. The molecule has 1 saturated heterocycles. The van der Waals surface area contributed by atoms with Gasteiger partial charge in [-0.15, -0.1) is 0 Å². The summed E-state index contributed by atoms with van der Waals surface area (Å²) in [5.74, 6) is 0.670. The van der Waals surface area contributed by atoms with E-state index in [1.807, 2.05) is 45.0 Å². The number of anilines is 3. The number of hydrazone groups is 1. The molecule has 12 heteroatoms. The average molecular weight is 501 g/mol. The molecule has 1 fully saturated rings. The van der Waals surface area contributed by atoms with Gasteiger partial charge < -0.3 is 10.2 Å². The van der Waals surface area contributed by atoms with Gasteiger partial charge in [-0.1, -0.05) is 11.3 Å². The van der Waals surface area contributed by atoms with Crippen molar-refractivity contribution in [3.05, 3.63) is 41.9 Å². The minimum atomic E-state index is -3.20. The number of thiazole rings is 1. The van der Waals surface area contributed by atoms with Crippen LogP contribution in [-0.4, -0.2) is 66.3 Å². The van der Waals surface area contributed by atoms with Gasteiger partial charge in [-0.25, -0.2) is 23.4 Å². The largest absolute Gasteiger partial charge is 0.368 e. The summed E-state index contributed by atoms with van der Waals surface area (Å²) in [4.78, 5) is 16.8. The van der Waals surface area contributed by atoms with E-state index in [1.165, 1.54) is 17.6 Å². The van der Waals surface area contributed by atoms with Crippen molar-refractivity contribution in [2.24, 2.45) is 5.10 Å². The Balaban J connectivity index is 1.51. The molecule has 1 aliphatic rings. The second kappa shape index (κ2) is 9.65. The molecule has 180 valence electrons. The number of hydrogen-bond acceptors (Lipinski definition) is 10. The number of sulfonamides is 1. The quantitative estimate of drug-likeness (QED) is 0.375. The molecule has 4 heterocycles. The number of rotatable bonds is 7. The molecule has 4 rings (SSSR count). The predicted molar refractivity (Wildman–Crippen MR) is 139 cm³/mol. The van der Waals surface area contributed by atoms with Gasteiger partial charge in [0.25, 0.3) is 0 Å². The van der Waals surface area contributed by atoms with Gasteiger partial charge in [-0.3, -0.25) is 5.43 Å². The first-order chi connectivity index (χ1) is 16.2. The van der Waals surface area contributed by atoms with Gasteiger partial charge in [0.1, 0.15) is 16.2 Å². The number of fused-ring (bicyclic) bond motifs is 1. The second-order valence-corrected chi connectivity index (χ2v) is 11.2. The fourth-order valence-corrected chi connectivity index (χ4v) is 5.91. The summed E-state index contributed by atoms with van der Waals surface area (Å²) in [7, 11) is -3.20. The first-order valence-electron chi connectivity index (χ1n) is 10.8. The Labute approximate surface area is 203 Å². The molecule has 0 bridgehead atoms. The molecule has 3 aromatic heterocycles. The van der Waals surface area contributed by atoms with Gasteiger partial charge >= 0.3 is 0 Å². The molecule has 0 amide bonds. The van der Waals surface area contributed by atoms with E-state index in [0.29, 0.717) is 30.6 Å². The van der Waals surface area contributed by atoms with Crippen molar-refractivity contribution in [3.63, 3.8) is 0 Å². The van der Waals surface area contributed by atoms with E-state index in [4.69, 9.17) is 4.98 Å². The van der Waals surface area contributed by atoms with E-state index in [-0.39, 0.29) is 6.04 Å². The molecule has 0 spiro atoms. The zero-order valence-corrected chi connectivity index (χ0v) is 21.2. The molecule has 0 unspecified atom stereocenters. The van der Waals surface area contributed by atoms with Crippen molar-refractivity contribution in [3.8, 4) is 0 Å². The number of hydrogen-bond donors (Lipinski definition) is 2. The smallest absolute Gasteiger partial charge is 0.211 e. The Kier molecular flexibility index (Phi) is 6.82. The molecule has 2 N–H and O–H groups in total. The molecule has 1 atom stereocenters. The maximum absolute atomic E-state index is 12.0. The normalized spacial score (nSPS) is 18.0. The molecular weight excluding hydrogens is 472 g/mol. The summed E-state index contributed by atoms with van der Waals surface area (Å²) >= 11 is 1.45. The van der Waals surface area contributed by atoms with Crippen LogP contribution in [0.2, 0.25) is 0 Å². The Morgan fingerprint density at radius 1 is 1.24 bits per heavy atom. The highest BCUT2D eigenvalue weighted by Crippen LogP contribution is 2.30. The van der Waals surface area contributed by atoms with Crippen LogP contribution in [0.4, 0.5) is 16.6 Å². The van der Waals surface area contributed by atoms with Crippen LogP contribution in [0.3, 0.4) is 0 Å². The predicted octanol–water partition coefficient (Wildman–Crippen LogP) is 3.26. The van der Waals surface area contributed by atoms with Gasteiger partial charge in [-0.2, -0.15) is 9.41 Å². The maximum atomic E-state index is 12.0. The zero-order chi connectivity index (χ0) is 24.5. The van der Waals surface area contributed by atoms with Crippen molar-refractivity contribution >= 4 is 60.6 Å². The molecule has 0 radical (unpaired) electrons. The fourth-order valence-electron chi connectivity index (χ4n) is 3.94. The minimum absolute atomic E-state index is 0.100. The summed E-state index contributed by atoms with van der Waals surface area (Å²) < 4.78 is 25.5. The Hall–Kier alpha value is -3.09. The van der Waals surface area contributed by atoms with Crippen molar-refractivity contribution < 1.29 is 8.42 Å². The molecule has 10 nitrogen and oxygen atoms in total. The van der Waals surface area contributed by atoms with E-state index < -0.39 is 10.0 Å². The Bertz CT molecular complexity index is 1350. The number of piperazine rings is 1. The summed E-state index contributed by atoms with van der Waals surface area (Å²) in [5.41, 5.74) is 7.36. The molecule has 0 aromatic carbocycles. The Morgan fingerprint density at radius 2 is 2.03 bits per heavy atom. The highest BCUT2D eigenvalue weighted by molar-refractivity contribution is 7.88. The van der Waals surface area contributed by atoms with E-state index >= 15 is 0 Å². The molecular formula is C22H28N8O2S2. The van der Waals surface area contributed by atoms with Gasteiger partial charge in [0.05, 0.1) is 11.9 Å². The first-order valence-corrected chi connectivity index (χ1v) is 13.4. The number of aromatic nitrogens is 3. The second-order valence-electron chi connectivity index (χ2n) is 8.25. The SMILES string of the molecule is C=NN/C(C)=C(\C)c1ccc2nc(Nc3cc(N4CCN(S(C)(=O)=O)[C@@H](C)C4)ccn3)sc2n1. The van der Waals surface area contributed by atoms with Crippen LogP contribution in [0.25, 0.3) is 15.9 Å². The highest BCUT2D eigenvalue weighted by atomic mass is 32.2. The van der Waals surface area contributed by atoms with Gasteiger partial charge in [0, 0.05) is 56.0 Å². The highest BCUT2D eigenvalue weighted by Gasteiger charge is 2.30. The van der Waals surface area contributed by atoms with E-state index in [9.17, 15) is 8.42 Å². The number of pyridine rings is 2. The van der Waals surface area contributed by atoms with E-state index in [0.717, 1.165) is 33.0 Å². The lowest BCUT2D eigenvalue weighted by molar-refractivity contribution is 0.309. The third kappa shape index (κ3) is 5.18. The van der Waals surface area contributed by atoms with Crippen LogP contribution in [0.5, 0.6) is 0 Å². The van der Waals surface area contributed by atoms with Crippen LogP contribution in [0.1, 0.15) is 26.5 Å². The van der Waals surface area contributed by atoms with Crippen molar-refractivity contribution in [1.29, 1.82) is 0 Å². The number of nitrogens with zero attached hydrogens (tertiary/aromatic N) is 6. The molecule has 3 aromatic rings. The Morgan fingerprint density at radius 3 is 2.74 bits per heavy atom. The van der Waals surface area contributed by atoms with Gasteiger partial charge in [0.2, 0.25) is 10.0 Å². The van der Waals surface area contributed by atoms with Crippen LogP contribution < -0.4 is 15.6 Å². The summed E-state index contributed by atoms with van der Waals surface area (Å²) in [6.45, 7) is 11.0. The lowest BCUT2D eigenvalue weighted by Gasteiger charge is -2.39. The topological polar surface area (TPSA) is 116 Å². The summed E-state index contributed by atoms with van der Waals surface area (Å²) in [6, 6.07) is 7.67.